The maximum absolute atomic E-state index is 3.77. The van der Waals surface area contributed by atoms with Crippen LogP contribution in [-0.4, -0.2) is 30.7 Å². The van der Waals surface area contributed by atoms with Gasteiger partial charge >= 0.3 is 0 Å². The summed E-state index contributed by atoms with van der Waals surface area (Å²) in [6, 6.07) is 0. The highest BCUT2D eigenvalue weighted by atomic mass is 79.9. The van der Waals surface area contributed by atoms with Gasteiger partial charge in [-0.3, -0.25) is 0 Å². The van der Waals surface area contributed by atoms with Gasteiger partial charge < -0.3 is 21.5 Å². The highest BCUT2D eigenvalue weighted by Gasteiger charge is 2.18. The maximum Gasteiger partial charge on any atom is 0.0973 e. The Balaban J connectivity index is 0. The van der Waals surface area contributed by atoms with Gasteiger partial charge in [0, 0.05) is 0 Å². The third-order valence-corrected chi connectivity index (χ3v) is 2.37. The highest BCUT2D eigenvalue weighted by Crippen LogP contribution is 2.05. The van der Waals surface area contributed by atoms with Gasteiger partial charge in [0.15, 0.2) is 0 Å². The second-order valence-electron chi connectivity index (χ2n) is 2.92. The Morgan fingerprint density at radius 2 is 1.33 bits per heavy atom. The standard InChI is InChI=1S/C10H20N.BrH/c1-5-9-11(7-3,8-4)10-6-2;/h5-6H,1-2,7-10H2,3-4H3;1H/q+1;/p-1. The van der Waals surface area contributed by atoms with Gasteiger partial charge in [-0.05, 0) is 26.0 Å². The fourth-order valence-electron chi connectivity index (χ4n) is 1.36. The quantitative estimate of drug-likeness (QED) is 0.418. The first-order chi connectivity index (χ1) is 5.24. The Hall–Kier alpha value is -0.0800. The molecule has 0 aromatic heterocycles. The molecule has 0 aromatic rings. The first-order valence-corrected chi connectivity index (χ1v) is 4.31. The van der Waals surface area contributed by atoms with Crippen LogP contribution in [0, 0.1) is 0 Å². The molecule has 0 rings (SSSR count). The number of hydrogen-bond acceptors (Lipinski definition) is 0. The minimum atomic E-state index is 0. The van der Waals surface area contributed by atoms with E-state index in [0.29, 0.717) is 0 Å². The van der Waals surface area contributed by atoms with Crippen molar-refractivity contribution in [2.75, 3.05) is 26.2 Å². The third kappa shape index (κ3) is 4.07. The van der Waals surface area contributed by atoms with Crippen LogP contribution < -0.4 is 17.0 Å². The Labute approximate surface area is 87.1 Å². The van der Waals surface area contributed by atoms with Crippen molar-refractivity contribution in [2.45, 2.75) is 13.8 Å². The van der Waals surface area contributed by atoms with Crippen LogP contribution in [0.1, 0.15) is 13.8 Å². The molecular formula is C10H20BrN. The average Bonchev–Trinajstić information content (AvgIpc) is 2.04. The lowest BCUT2D eigenvalue weighted by atomic mass is 10.3. The van der Waals surface area contributed by atoms with Gasteiger partial charge in [-0.1, -0.05) is 13.2 Å². The summed E-state index contributed by atoms with van der Waals surface area (Å²) < 4.78 is 1.09. The third-order valence-electron chi connectivity index (χ3n) is 2.37. The highest BCUT2D eigenvalue weighted by molar-refractivity contribution is 4.71. The minimum Gasteiger partial charge on any atom is -1.00 e. The van der Waals surface area contributed by atoms with Crippen molar-refractivity contribution < 1.29 is 21.5 Å². The van der Waals surface area contributed by atoms with Gasteiger partial charge in [0.2, 0.25) is 0 Å². The molecule has 0 aliphatic carbocycles. The van der Waals surface area contributed by atoms with E-state index < -0.39 is 0 Å². The van der Waals surface area contributed by atoms with Gasteiger partial charge in [-0.2, -0.15) is 0 Å². The summed E-state index contributed by atoms with van der Waals surface area (Å²) in [4.78, 5) is 0. The van der Waals surface area contributed by atoms with Crippen molar-refractivity contribution in [3.05, 3.63) is 25.3 Å². The van der Waals surface area contributed by atoms with Crippen LogP contribution in [0.15, 0.2) is 25.3 Å². The number of halogens is 1. The van der Waals surface area contributed by atoms with E-state index in [4.69, 9.17) is 0 Å². The van der Waals surface area contributed by atoms with E-state index in [-0.39, 0.29) is 17.0 Å². The molecule has 0 spiro atoms. The molecule has 0 aromatic carbocycles. The molecule has 12 heavy (non-hydrogen) atoms. The molecule has 0 fully saturated rings. The summed E-state index contributed by atoms with van der Waals surface area (Å²) in [7, 11) is 0. The van der Waals surface area contributed by atoms with Crippen LogP contribution in [0.4, 0.5) is 0 Å². The molecule has 0 N–H and O–H groups in total. The van der Waals surface area contributed by atoms with E-state index in [2.05, 4.69) is 27.0 Å². The average molecular weight is 234 g/mol. The van der Waals surface area contributed by atoms with Gasteiger partial charge in [0.1, 0.15) is 0 Å². The topological polar surface area (TPSA) is 0 Å². The lowest BCUT2D eigenvalue weighted by Crippen LogP contribution is -3.00. The fraction of sp³-hybridized carbons (Fsp3) is 0.600. The number of likely N-dealkylation sites (N-methyl/N-ethyl adjacent to an activating group) is 1. The summed E-state index contributed by atoms with van der Waals surface area (Å²) in [6.07, 6.45) is 3.99. The van der Waals surface area contributed by atoms with Crippen molar-refractivity contribution in [1.82, 2.24) is 0 Å². The molecule has 0 radical (unpaired) electrons. The van der Waals surface area contributed by atoms with Crippen molar-refractivity contribution in [3.8, 4) is 0 Å². The molecular weight excluding hydrogens is 214 g/mol. The largest absolute Gasteiger partial charge is 1.00 e. The lowest BCUT2D eigenvalue weighted by Gasteiger charge is -2.34. The number of nitrogens with zero attached hydrogens (tertiary/aromatic N) is 1. The zero-order chi connectivity index (χ0) is 8.74. The van der Waals surface area contributed by atoms with Crippen LogP contribution in [0.25, 0.3) is 0 Å². The summed E-state index contributed by atoms with van der Waals surface area (Å²) in [5.74, 6) is 0. The van der Waals surface area contributed by atoms with E-state index >= 15 is 0 Å². The first-order valence-electron chi connectivity index (χ1n) is 4.31. The van der Waals surface area contributed by atoms with Gasteiger partial charge in [0.05, 0.1) is 26.2 Å². The van der Waals surface area contributed by atoms with Crippen molar-refractivity contribution in [2.24, 2.45) is 0 Å². The zero-order valence-electron chi connectivity index (χ0n) is 8.22. The van der Waals surface area contributed by atoms with Crippen molar-refractivity contribution in [1.29, 1.82) is 0 Å². The van der Waals surface area contributed by atoms with Crippen LogP contribution in [-0.2, 0) is 0 Å². The Morgan fingerprint density at radius 3 is 1.50 bits per heavy atom. The van der Waals surface area contributed by atoms with Crippen molar-refractivity contribution in [3.63, 3.8) is 0 Å². The van der Waals surface area contributed by atoms with Gasteiger partial charge in [-0.15, -0.1) is 0 Å². The Morgan fingerprint density at radius 1 is 1.00 bits per heavy atom. The second kappa shape index (κ2) is 7.56. The van der Waals surface area contributed by atoms with E-state index in [1.165, 1.54) is 0 Å². The smallest absolute Gasteiger partial charge is 0.0973 e. The molecule has 0 heterocycles. The van der Waals surface area contributed by atoms with Crippen LogP contribution >= 0.6 is 0 Å². The summed E-state index contributed by atoms with van der Waals surface area (Å²) >= 11 is 0. The normalized spacial score (nSPS) is 10.2. The minimum absolute atomic E-state index is 0. The molecule has 0 saturated carbocycles. The van der Waals surface area contributed by atoms with Gasteiger partial charge in [0.25, 0.3) is 0 Å². The molecule has 0 amide bonds. The molecule has 0 unspecified atom stereocenters. The molecule has 2 heteroatoms. The maximum atomic E-state index is 3.77. The van der Waals surface area contributed by atoms with E-state index in [9.17, 15) is 0 Å². The SMILES string of the molecule is C=CC[N+](CC)(CC)CC=C.[Br-]. The first kappa shape index (κ1) is 14.4. The Bertz CT molecular complexity index is 116. The molecule has 0 atom stereocenters. The molecule has 0 bridgehead atoms. The number of rotatable bonds is 6. The summed E-state index contributed by atoms with van der Waals surface area (Å²) in [5.41, 5.74) is 0. The molecule has 72 valence electrons. The zero-order valence-corrected chi connectivity index (χ0v) is 9.81. The van der Waals surface area contributed by atoms with Crippen LogP contribution in [0.2, 0.25) is 0 Å². The molecule has 0 aliphatic rings. The fourth-order valence-corrected chi connectivity index (χ4v) is 1.36. The summed E-state index contributed by atoms with van der Waals surface area (Å²) in [5, 5.41) is 0. The second-order valence-corrected chi connectivity index (χ2v) is 2.92. The number of quaternary nitrogens is 1. The Kier molecular flexibility index (Phi) is 9.10. The summed E-state index contributed by atoms with van der Waals surface area (Å²) in [6.45, 7) is 16.4. The molecule has 0 saturated heterocycles. The predicted molar refractivity (Wildman–Crippen MR) is 51.5 cm³/mol. The lowest BCUT2D eigenvalue weighted by molar-refractivity contribution is -0.914. The molecule has 0 aliphatic heterocycles. The monoisotopic (exact) mass is 233 g/mol. The van der Waals surface area contributed by atoms with E-state index in [0.717, 1.165) is 30.7 Å². The van der Waals surface area contributed by atoms with Crippen LogP contribution in [0.3, 0.4) is 0 Å². The van der Waals surface area contributed by atoms with Gasteiger partial charge in [-0.25, -0.2) is 0 Å². The molecule has 1 nitrogen and oxygen atoms in total. The van der Waals surface area contributed by atoms with Crippen molar-refractivity contribution >= 4 is 0 Å². The van der Waals surface area contributed by atoms with E-state index in [1.54, 1.807) is 0 Å². The predicted octanol–water partition coefficient (Wildman–Crippen LogP) is -0.781. The van der Waals surface area contributed by atoms with Crippen LogP contribution in [0.5, 0.6) is 0 Å². The number of hydrogen-bond donors (Lipinski definition) is 0. The van der Waals surface area contributed by atoms with E-state index in [1.807, 2.05) is 12.2 Å².